The summed E-state index contributed by atoms with van der Waals surface area (Å²) in [6.45, 7) is 5.37. The first-order valence-corrected chi connectivity index (χ1v) is 12.1. The summed E-state index contributed by atoms with van der Waals surface area (Å²) in [5.74, 6) is -2.30. The van der Waals surface area contributed by atoms with Gasteiger partial charge in [0.1, 0.15) is 5.25 Å². The first kappa shape index (κ1) is 22.7. The van der Waals surface area contributed by atoms with Crippen molar-refractivity contribution in [3.8, 4) is 0 Å². The summed E-state index contributed by atoms with van der Waals surface area (Å²) in [5.41, 5.74) is 0. The second-order valence-electron chi connectivity index (χ2n) is 8.40. The fourth-order valence-electron chi connectivity index (χ4n) is 4.96. The second-order valence-corrected chi connectivity index (χ2v) is 10.7. The Morgan fingerprint density at radius 1 is 1.17 bits per heavy atom. The Bertz CT molecular complexity index is 907. The molecule has 164 valence electrons. The fourth-order valence-corrected chi connectivity index (χ4v) is 6.40. The lowest BCUT2D eigenvalue weighted by Crippen LogP contribution is -2.49. The first-order chi connectivity index (χ1) is 14.2. The van der Waals surface area contributed by atoms with Gasteiger partial charge in [0.25, 0.3) is 0 Å². The maximum Gasteiger partial charge on any atom is 0.309 e. The molecule has 1 fully saturated rings. The number of ether oxygens (including phenoxy) is 1. The van der Waals surface area contributed by atoms with Gasteiger partial charge in [0.15, 0.2) is 15.6 Å². The molecule has 7 atom stereocenters. The number of esters is 1. The van der Waals surface area contributed by atoms with Crippen LogP contribution in [0.1, 0.15) is 33.6 Å². The van der Waals surface area contributed by atoms with Crippen LogP contribution in [0.4, 0.5) is 0 Å². The van der Waals surface area contributed by atoms with E-state index in [-0.39, 0.29) is 47.4 Å². The van der Waals surface area contributed by atoms with E-state index >= 15 is 0 Å². The Kier molecular flexibility index (Phi) is 6.82. The summed E-state index contributed by atoms with van der Waals surface area (Å²) in [6.07, 6.45) is 3.61. The molecule has 0 spiro atoms. The highest BCUT2D eigenvalue weighted by molar-refractivity contribution is 7.92. The van der Waals surface area contributed by atoms with Crippen LogP contribution in [-0.2, 0) is 24.2 Å². The third kappa shape index (κ3) is 4.23. The molecular formula is C23H30O6S. The summed E-state index contributed by atoms with van der Waals surface area (Å²) < 4.78 is 31.0. The number of carbonyl (C=O) groups excluding carboxylic acids is 2. The van der Waals surface area contributed by atoms with Crippen LogP contribution >= 0.6 is 0 Å². The predicted molar refractivity (Wildman–Crippen MR) is 112 cm³/mol. The van der Waals surface area contributed by atoms with Crippen molar-refractivity contribution >= 4 is 21.6 Å². The van der Waals surface area contributed by atoms with Gasteiger partial charge in [0.05, 0.1) is 23.5 Å². The van der Waals surface area contributed by atoms with E-state index in [1.807, 2.05) is 19.1 Å². The van der Waals surface area contributed by atoms with Gasteiger partial charge < -0.3 is 9.84 Å². The molecule has 30 heavy (non-hydrogen) atoms. The van der Waals surface area contributed by atoms with E-state index in [4.69, 9.17) is 4.74 Å². The molecule has 3 rings (SSSR count). The summed E-state index contributed by atoms with van der Waals surface area (Å²) in [4.78, 5) is 25.7. The molecule has 0 saturated heterocycles. The third-order valence-corrected chi connectivity index (χ3v) is 8.66. The summed E-state index contributed by atoms with van der Waals surface area (Å²) in [6, 6.07) is 7.95. The Labute approximate surface area is 178 Å². The van der Waals surface area contributed by atoms with Crippen molar-refractivity contribution in [2.24, 2.45) is 29.6 Å². The smallest absolute Gasteiger partial charge is 0.309 e. The second kappa shape index (κ2) is 9.02. The zero-order chi connectivity index (χ0) is 22.1. The molecule has 1 unspecified atom stereocenters. The number of carbonyl (C=O) groups is 2. The standard InChI is InChI=1S/C23H30O6S/c1-4-29-23(26)20-14(2)10-11-16-12-17(13-19(24)21(16)20)22(25)15(3)30(27,28)18-8-6-5-7-9-18/h5-11,14-17,19-21,24H,4,12-13H2,1-3H3/t14-,15?,16-,17-,19-,20-,21+/m0/s1. The van der Waals surface area contributed by atoms with Gasteiger partial charge in [0.2, 0.25) is 0 Å². The van der Waals surface area contributed by atoms with E-state index in [2.05, 4.69) is 0 Å². The fraction of sp³-hybridized carbons (Fsp3) is 0.565. The Morgan fingerprint density at radius 2 is 1.83 bits per heavy atom. The predicted octanol–water partition coefficient (Wildman–Crippen LogP) is 2.81. The van der Waals surface area contributed by atoms with Crippen molar-refractivity contribution in [3.63, 3.8) is 0 Å². The Hall–Kier alpha value is -1.99. The van der Waals surface area contributed by atoms with Crippen molar-refractivity contribution in [1.29, 1.82) is 0 Å². The molecule has 0 radical (unpaired) electrons. The number of Topliss-reactive ketones (excluding diaryl/α,β-unsaturated/α-hetero) is 1. The number of aliphatic hydroxyl groups is 1. The van der Waals surface area contributed by atoms with Crippen LogP contribution in [0, 0.1) is 29.6 Å². The van der Waals surface area contributed by atoms with E-state index in [9.17, 15) is 23.1 Å². The zero-order valence-corrected chi connectivity index (χ0v) is 18.4. The number of ketones is 1. The average Bonchev–Trinajstić information content (AvgIpc) is 2.73. The number of fused-ring (bicyclic) bond motifs is 1. The molecule has 7 heteroatoms. The molecule has 0 amide bonds. The van der Waals surface area contributed by atoms with Gasteiger partial charge in [-0.25, -0.2) is 8.42 Å². The Morgan fingerprint density at radius 3 is 2.47 bits per heavy atom. The summed E-state index contributed by atoms with van der Waals surface area (Å²) in [7, 11) is -3.80. The van der Waals surface area contributed by atoms with Crippen LogP contribution in [0.3, 0.4) is 0 Å². The highest BCUT2D eigenvalue weighted by atomic mass is 32.2. The lowest BCUT2D eigenvalue weighted by atomic mass is 9.61. The van der Waals surface area contributed by atoms with E-state index in [1.165, 1.54) is 19.1 Å². The number of benzene rings is 1. The van der Waals surface area contributed by atoms with E-state index in [0.29, 0.717) is 6.42 Å². The van der Waals surface area contributed by atoms with Crippen LogP contribution in [0.15, 0.2) is 47.4 Å². The van der Waals surface area contributed by atoms with Crippen molar-refractivity contribution < 1.29 is 27.9 Å². The maximum atomic E-state index is 13.1. The van der Waals surface area contributed by atoms with Crippen LogP contribution in [0.5, 0.6) is 0 Å². The number of sulfone groups is 1. The minimum absolute atomic E-state index is 0.0652. The lowest BCUT2D eigenvalue weighted by molar-refractivity contribution is -0.157. The molecule has 1 aromatic rings. The summed E-state index contributed by atoms with van der Waals surface area (Å²) >= 11 is 0. The van der Waals surface area contributed by atoms with Gasteiger partial charge in [-0.3, -0.25) is 9.59 Å². The van der Waals surface area contributed by atoms with Gasteiger partial charge in [-0.15, -0.1) is 0 Å². The monoisotopic (exact) mass is 434 g/mol. The van der Waals surface area contributed by atoms with Crippen molar-refractivity contribution in [3.05, 3.63) is 42.5 Å². The Balaban J connectivity index is 1.80. The van der Waals surface area contributed by atoms with Crippen LogP contribution in [0.2, 0.25) is 0 Å². The van der Waals surface area contributed by atoms with Gasteiger partial charge in [-0.2, -0.15) is 0 Å². The number of allylic oxidation sites excluding steroid dienone is 2. The molecule has 6 nitrogen and oxygen atoms in total. The molecule has 0 aromatic heterocycles. The lowest BCUT2D eigenvalue weighted by Gasteiger charge is -2.45. The SMILES string of the molecule is CCOC(=O)[C@@H]1[C@H]2[C@@H](O)C[C@@H](C(=O)C(C)S(=O)(=O)c3ccccc3)C[C@@H]2C=C[C@@H]1C. The van der Waals surface area contributed by atoms with Gasteiger partial charge in [-0.1, -0.05) is 37.3 Å². The first-order valence-electron chi connectivity index (χ1n) is 10.5. The molecule has 0 aliphatic heterocycles. The molecule has 2 aliphatic rings. The molecule has 0 bridgehead atoms. The number of hydrogen-bond acceptors (Lipinski definition) is 6. The molecule has 1 N–H and O–H groups in total. The number of rotatable bonds is 6. The minimum Gasteiger partial charge on any atom is -0.466 e. The van der Waals surface area contributed by atoms with E-state index < -0.39 is 33.0 Å². The van der Waals surface area contributed by atoms with Gasteiger partial charge in [0, 0.05) is 11.8 Å². The maximum absolute atomic E-state index is 13.1. The zero-order valence-electron chi connectivity index (χ0n) is 17.6. The van der Waals surface area contributed by atoms with Crippen LogP contribution < -0.4 is 0 Å². The van der Waals surface area contributed by atoms with Gasteiger partial charge >= 0.3 is 5.97 Å². The molecule has 1 saturated carbocycles. The van der Waals surface area contributed by atoms with Crippen molar-refractivity contribution in [1.82, 2.24) is 0 Å². The number of aliphatic hydroxyl groups excluding tert-OH is 1. The normalized spacial score (nSPS) is 32.1. The molecule has 2 aliphatic carbocycles. The van der Waals surface area contributed by atoms with Crippen molar-refractivity contribution in [2.45, 2.75) is 49.9 Å². The van der Waals surface area contributed by atoms with Crippen molar-refractivity contribution in [2.75, 3.05) is 6.61 Å². The highest BCUT2D eigenvalue weighted by Crippen LogP contribution is 2.46. The van der Waals surface area contributed by atoms with Crippen LogP contribution in [0.25, 0.3) is 0 Å². The van der Waals surface area contributed by atoms with E-state index in [0.717, 1.165) is 0 Å². The third-order valence-electron chi connectivity index (χ3n) is 6.56. The highest BCUT2D eigenvalue weighted by Gasteiger charge is 2.49. The average molecular weight is 435 g/mol. The quantitative estimate of drug-likeness (QED) is 0.546. The van der Waals surface area contributed by atoms with Crippen LogP contribution in [-0.4, -0.2) is 43.2 Å². The summed E-state index contributed by atoms with van der Waals surface area (Å²) in [5, 5.41) is 9.69. The number of hydrogen-bond donors (Lipinski definition) is 1. The minimum atomic E-state index is -3.80. The van der Waals surface area contributed by atoms with E-state index in [1.54, 1.807) is 25.1 Å². The molecule has 1 aromatic carbocycles. The molecule has 0 heterocycles. The molecular weight excluding hydrogens is 404 g/mol. The van der Waals surface area contributed by atoms with Gasteiger partial charge in [-0.05, 0) is 50.7 Å². The largest absolute Gasteiger partial charge is 0.466 e. The topological polar surface area (TPSA) is 97.7 Å².